The average molecular weight is 427 g/mol. The van der Waals surface area contributed by atoms with Crippen LogP contribution in [0.4, 0.5) is 0 Å². The van der Waals surface area contributed by atoms with E-state index >= 15 is 0 Å². The fourth-order valence-corrected chi connectivity index (χ4v) is 4.61. The monoisotopic (exact) mass is 427 g/mol. The van der Waals surface area contributed by atoms with Crippen molar-refractivity contribution in [3.05, 3.63) is 76.6 Å². The molecule has 1 fully saturated rings. The van der Waals surface area contributed by atoms with Crippen LogP contribution >= 0.6 is 0 Å². The Kier molecular flexibility index (Phi) is 5.67. The van der Waals surface area contributed by atoms with E-state index in [2.05, 4.69) is 9.71 Å². The zero-order chi connectivity index (χ0) is 21.1. The standard InChI is InChI=1S/C21H21N3O5S/c25-19-9-6-16-14-17(7-8-18(16)22-19)30(27,28)23-20(15-4-2-1-3-5-15)21(26)24-10-12-29-13-11-24/h1-9,14,20,23H,10-13H2,(H,22,25)/t20-/m1/s1. The fourth-order valence-electron chi connectivity index (χ4n) is 3.40. The van der Waals surface area contributed by atoms with Gasteiger partial charge in [-0.15, -0.1) is 0 Å². The zero-order valence-electron chi connectivity index (χ0n) is 16.1. The molecule has 0 unspecified atom stereocenters. The number of fused-ring (bicyclic) bond motifs is 1. The Hall–Kier alpha value is -3.01. The van der Waals surface area contributed by atoms with Crippen molar-refractivity contribution in [2.75, 3.05) is 26.3 Å². The Morgan fingerprint density at radius 3 is 2.50 bits per heavy atom. The van der Waals surface area contributed by atoms with E-state index < -0.39 is 16.1 Å². The van der Waals surface area contributed by atoms with Gasteiger partial charge in [-0.25, -0.2) is 8.42 Å². The van der Waals surface area contributed by atoms with Gasteiger partial charge >= 0.3 is 0 Å². The van der Waals surface area contributed by atoms with Crippen LogP contribution in [0.15, 0.2) is 70.4 Å². The van der Waals surface area contributed by atoms with E-state index in [-0.39, 0.29) is 16.4 Å². The van der Waals surface area contributed by atoms with Crippen molar-refractivity contribution in [3.8, 4) is 0 Å². The van der Waals surface area contributed by atoms with Gasteiger partial charge in [-0.3, -0.25) is 9.59 Å². The number of benzene rings is 2. The van der Waals surface area contributed by atoms with Crippen LogP contribution in [0.2, 0.25) is 0 Å². The summed E-state index contributed by atoms with van der Waals surface area (Å²) in [5.74, 6) is -0.321. The van der Waals surface area contributed by atoms with E-state index in [0.717, 1.165) is 0 Å². The van der Waals surface area contributed by atoms with Crippen molar-refractivity contribution < 1.29 is 17.9 Å². The van der Waals surface area contributed by atoms with Crippen molar-refractivity contribution in [1.82, 2.24) is 14.6 Å². The van der Waals surface area contributed by atoms with Gasteiger partial charge < -0.3 is 14.6 Å². The van der Waals surface area contributed by atoms with Crippen LogP contribution in [0, 0.1) is 0 Å². The van der Waals surface area contributed by atoms with Gasteiger partial charge in [0.25, 0.3) is 0 Å². The summed E-state index contributed by atoms with van der Waals surface area (Å²) in [6.07, 6.45) is 0. The van der Waals surface area contributed by atoms with E-state index in [1.165, 1.54) is 24.3 Å². The summed E-state index contributed by atoms with van der Waals surface area (Å²) in [6, 6.07) is 15.0. The van der Waals surface area contributed by atoms with Crippen molar-refractivity contribution in [2.45, 2.75) is 10.9 Å². The van der Waals surface area contributed by atoms with Crippen molar-refractivity contribution in [1.29, 1.82) is 0 Å². The molecule has 30 heavy (non-hydrogen) atoms. The highest BCUT2D eigenvalue weighted by Crippen LogP contribution is 2.22. The molecule has 1 aromatic heterocycles. The number of carbonyl (C=O) groups is 1. The molecule has 1 saturated heterocycles. The molecule has 0 saturated carbocycles. The molecule has 4 rings (SSSR count). The van der Waals surface area contributed by atoms with Gasteiger partial charge in [-0.2, -0.15) is 4.72 Å². The molecule has 1 amide bonds. The lowest BCUT2D eigenvalue weighted by Gasteiger charge is -2.30. The van der Waals surface area contributed by atoms with Crippen LogP contribution in [0.25, 0.3) is 10.9 Å². The number of sulfonamides is 1. The molecule has 2 heterocycles. The Balaban J connectivity index is 1.68. The van der Waals surface area contributed by atoms with E-state index in [9.17, 15) is 18.0 Å². The van der Waals surface area contributed by atoms with E-state index in [4.69, 9.17) is 4.74 Å². The third kappa shape index (κ3) is 4.28. The summed E-state index contributed by atoms with van der Waals surface area (Å²) < 4.78 is 34.1. The van der Waals surface area contributed by atoms with Gasteiger partial charge in [0.2, 0.25) is 21.5 Å². The number of ether oxygens (including phenoxy) is 1. The number of H-pyrrole nitrogens is 1. The topological polar surface area (TPSA) is 109 Å². The maximum atomic E-state index is 13.2. The van der Waals surface area contributed by atoms with Gasteiger partial charge in [0.05, 0.1) is 18.1 Å². The van der Waals surface area contributed by atoms with Crippen molar-refractivity contribution in [2.24, 2.45) is 0 Å². The summed E-state index contributed by atoms with van der Waals surface area (Å²) in [6.45, 7) is 1.66. The maximum Gasteiger partial charge on any atom is 0.248 e. The largest absolute Gasteiger partial charge is 0.378 e. The summed E-state index contributed by atoms with van der Waals surface area (Å²) >= 11 is 0. The Morgan fingerprint density at radius 2 is 1.77 bits per heavy atom. The molecular formula is C21H21N3O5S. The minimum Gasteiger partial charge on any atom is -0.378 e. The van der Waals surface area contributed by atoms with Crippen molar-refractivity contribution >= 4 is 26.8 Å². The second kappa shape index (κ2) is 8.39. The highest BCUT2D eigenvalue weighted by molar-refractivity contribution is 7.89. The van der Waals surface area contributed by atoms with Crippen LogP contribution in [-0.4, -0.2) is 50.5 Å². The normalized spacial score (nSPS) is 15.8. The maximum absolute atomic E-state index is 13.2. The fraction of sp³-hybridized carbons (Fsp3) is 0.238. The number of pyridine rings is 1. The summed E-state index contributed by atoms with van der Waals surface area (Å²) in [7, 11) is -4.01. The lowest BCUT2D eigenvalue weighted by atomic mass is 10.1. The number of hydrogen-bond donors (Lipinski definition) is 2. The molecule has 1 atom stereocenters. The van der Waals surface area contributed by atoms with E-state index in [1.54, 1.807) is 41.3 Å². The van der Waals surface area contributed by atoms with Gasteiger partial charge in [-0.1, -0.05) is 30.3 Å². The Labute approximate surface area is 173 Å². The minimum absolute atomic E-state index is 0.0118. The predicted octanol–water partition coefficient (Wildman–Crippen LogP) is 1.41. The predicted molar refractivity (Wildman–Crippen MR) is 111 cm³/mol. The van der Waals surface area contributed by atoms with Crippen LogP contribution in [0.1, 0.15) is 11.6 Å². The highest BCUT2D eigenvalue weighted by Gasteiger charge is 2.31. The van der Waals surface area contributed by atoms with Crippen LogP contribution in [0.5, 0.6) is 0 Å². The second-order valence-electron chi connectivity index (χ2n) is 6.97. The zero-order valence-corrected chi connectivity index (χ0v) is 16.9. The quantitative estimate of drug-likeness (QED) is 0.640. The molecule has 3 aromatic rings. The molecule has 0 radical (unpaired) electrons. The summed E-state index contributed by atoms with van der Waals surface area (Å²) in [5, 5.41) is 0.577. The van der Waals surface area contributed by atoms with Gasteiger partial charge in [0.1, 0.15) is 6.04 Å². The number of hydrogen-bond acceptors (Lipinski definition) is 5. The first-order valence-corrected chi connectivity index (χ1v) is 11.0. The third-order valence-corrected chi connectivity index (χ3v) is 6.40. The number of carbonyl (C=O) groups excluding carboxylic acids is 1. The van der Waals surface area contributed by atoms with Crippen LogP contribution in [0.3, 0.4) is 0 Å². The number of morpholine rings is 1. The van der Waals surface area contributed by atoms with Crippen molar-refractivity contribution in [3.63, 3.8) is 0 Å². The first-order valence-electron chi connectivity index (χ1n) is 9.51. The molecule has 2 aromatic carbocycles. The SMILES string of the molecule is O=C([C@H](NS(=O)(=O)c1ccc2[nH]c(=O)ccc2c1)c1ccccc1)N1CCOCC1. The first-order chi connectivity index (χ1) is 14.4. The molecule has 0 aliphatic carbocycles. The number of nitrogens with one attached hydrogen (secondary N) is 2. The third-order valence-electron chi connectivity index (χ3n) is 4.98. The number of nitrogens with zero attached hydrogens (tertiary/aromatic N) is 1. The van der Waals surface area contributed by atoms with E-state index in [0.29, 0.717) is 42.8 Å². The number of rotatable bonds is 5. The van der Waals surface area contributed by atoms with Gasteiger partial charge in [0.15, 0.2) is 0 Å². The summed E-state index contributed by atoms with van der Waals surface area (Å²) in [5.41, 5.74) is 0.824. The lowest BCUT2D eigenvalue weighted by Crippen LogP contribution is -2.47. The molecular weight excluding hydrogens is 406 g/mol. The Morgan fingerprint density at radius 1 is 1.03 bits per heavy atom. The summed E-state index contributed by atoms with van der Waals surface area (Å²) in [4.78, 5) is 28.9. The minimum atomic E-state index is -4.01. The molecule has 1 aliphatic rings. The van der Waals surface area contributed by atoms with Gasteiger partial charge in [-0.05, 0) is 35.2 Å². The number of amides is 1. The average Bonchev–Trinajstić information content (AvgIpc) is 2.78. The number of aromatic nitrogens is 1. The molecule has 0 bridgehead atoms. The molecule has 9 heteroatoms. The second-order valence-corrected chi connectivity index (χ2v) is 8.69. The first kappa shape index (κ1) is 20.3. The molecule has 2 N–H and O–H groups in total. The van der Waals surface area contributed by atoms with Crippen LogP contribution < -0.4 is 10.3 Å². The molecule has 1 aliphatic heterocycles. The van der Waals surface area contributed by atoms with Crippen LogP contribution in [-0.2, 0) is 19.6 Å². The molecule has 156 valence electrons. The highest BCUT2D eigenvalue weighted by atomic mass is 32.2. The molecule has 8 nitrogen and oxygen atoms in total. The van der Waals surface area contributed by atoms with E-state index in [1.807, 2.05) is 0 Å². The van der Waals surface area contributed by atoms with Gasteiger partial charge in [0, 0.05) is 24.7 Å². The molecule has 0 spiro atoms. The number of aromatic amines is 1. The lowest BCUT2D eigenvalue weighted by molar-refractivity contribution is -0.137. The smallest absolute Gasteiger partial charge is 0.248 e. The Bertz CT molecular complexity index is 1220.